The van der Waals surface area contributed by atoms with Crippen LogP contribution in [0, 0.1) is 0 Å². The Bertz CT molecular complexity index is 387. The molecule has 1 unspecified atom stereocenters. The molecule has 17 heavy (non-hydrogen) atoms. The molecule has 6 nitrogen and oxygen atoms in total. The van der Waals surface area contributed by atoms with E-state index < -0.39 is 17.5 Å². The molecular formula is C11H17N3O3. The highest BCUT2D eigenvalue weighted by Gasteiger charge is 2.47. The van der Waals surface area contributed by atoms with Gasteiger partial charge in [0.1, 0.15) is 0 Å². The van der Waals surface area contributed by atoms with Crippen LogP contribution >= 0.6 is 0 Å². The molecular weight excluding hydrogens is 222 g/mol. The van der Waals surface area contributed by atoms with Crippen LogP contribution in [0.5, 0.6) is 0 Å². The van der Waals surface area contributed by atoms with Gasteiger partial charge in [0, 0.05) is 6.04 Å². The van der Waals surface area contributed by atoms with Crippen LogP contribution in [0.4, 0.5) is 0 Å². The molecule has 1 saturated carbocycles. The molecule has 2 fully saturated rings. The Morgan fingerprint density at radius 3 is 2.47 bits per heavy atom. The Morgan fingerprint density at radius 1 is 1.41 bits per heavy atom. The Kier molecular flexibility index (Phi) is 2.69. The summed E-state index contributed by atoms with van der Waals surface area (Å²) in [5, 5.41) is 2.86. The van der Waals surface area contributed by atoms with E-state index in [-0.39, 0.29) is 24.3 Å². The minimum Gasteiger partial charge on any atom is -0.368 e. The van der Waals surface area contributed by atoms with Crippen LogP contribution in [-0.2, 0) is 14.4 Å². The lowest BCUT2D eigenvalue weighted by Gasteiger charge is -2.25. The van der Waals surface area contributed by atoms with E-state index in [4.69, 9.17) is 5.73 Å². The van der Waals surface area contributed by atoms with Crippen molar-refractivity contribution in [1.29, 1.82) is 0 Å². The van der Waals surface area contributed by atoms with Crippen molar-refractivity contribution in [3.05, 3.63) is 0 Å². The zero-order valence-corrected chi connectivity index (χ0v) is 10.0. The maximum absolute atomic E-state index is 12.0. The fraction of sp³-hybridized carbons (Fsp3) is 0.727. The molecule has 1 aliphatic carbocycles. The van der Waals surface area contributed by atoms with E-state index in [1.807, 2.05) is 0 Å². The summed E-state index contributed by atoms with van der Waals surface area (Å²) in [5.41, 5.74) is 4.24. The second kappa shape index (κ2) is 3.80. The second-order valence-corrected chi connectivity index (χ2v) is 5.22. The van der Waals surface area contributed by atoms with Gasteiger partial charge >= 0.3 is 0 Å². The number of nitrogens with one attached hydrogen (secondary N) is 1. The van der Waals surface area contributed by atoms with Crippen molar-refractivity contribution in [3.63, 3.8) is 0 Å². The molecule has 0 spiro atoms. The van der Waals surface area contributed by atoms with Crippen LogP contribution in [0.25, 0.3) is 0 Å². The average Bonchev–Trinajstić information content (AvgIpc) is 2.96. The van der Waals surface area contributed by atoms with Crippen LogP contribution in [-0.4, -0.2) is 40.2 Å². The Labute approximate surface area is 99.5 Å². The minimum atomic E-state index is -0.986. The van der Waals surface area contributed by atoms with Gasteiger partial charge in [0.25, 0.3) is 0 Å². The van der Waals surface area contributed by atoms with Crippen molar-refractivity contribution in [2.45, 2.75) is 50.7 Å². The summed E-state index contributed by atoms with van der Waals surface area (Å²) in [5.74, 6) is -0.926. The van der Waals surface area contributed by atoms with Crippen molar-refractivity contribution in [2.24, 2.45) is 5.73 Å². The summed E-state index contributed by atoms with van der Waals surface area (Å²) >= 11 is 0. The Hall–Kier alpha value is -1.43. The molecule has 0 bridgehead atoms. The van der Waals surface area contributed by atoms with Crippen molar-refractivity contribution in [3.8, 4) is 0 Å². The summed E-state index contributed by atoms with van der Waals surface area (Å²) in [7, 11) is 0. The number of nitrogens with two attached hydrogens (primary N) is 1. The zero-order chi connectivity index (χ0) is 12.8. The quantitative estimate of drug-likeness (QED) is 0.624. The highest BCUT2D eigenvalue weighted by atomic mass is 16.2. The molecule has 1 heterocycles. The van der Waals surface area contributed by atoms with Crippen LogP contribution < -0.4 is 11.1 Å². The first kappa shape index (κ1) is 12.0. The number of imide groups is 1. The molecule has 1 saturated heterocycles. The van der Waals surface area contributed by atoms with E-state index in [2.05, 4.69) is 5.32 Å². The van der Waals surface area contributed by atoms with Gasteiger partial charge in [-0.3, -0.25) is 24.6 Å². The predicted molar refractivity (Wildman–Crippen MR) is 59.7 cm³/mol. The van der Waals surface area contributed by atoms with Gasteiger partial charge in [-0.05, 0) is 26.7 Å². The van der Waals surface area contributed by atoms with Crippen LogP contribution in [0.3, 0.4) is 0 Å². The predicted octanol–water partition coefficient (Wildman–Crippen LogP) is -0.870. The Balaban J connectivity index is 2.06. The molecule has 94 valence electrons. The van der Waals surface area contributed by atoms with Gasteiger partial charge in [-0.1, -0.05) is 0 Å². The molecule has 2 aliphatic rings. The fourth-order valence-corrected chi connectivity index (χ4v) is 1.99. The summed E-state index contributed by atoms with van der Waals surface area (Å²) in [4.78, 5) is 36.2. The molecule has 3 amide bonds. The molecule has 0 aromatic rings. The van der Waals surface area contributed by atoms with Gasteiger partial charge in [-0.15, -0.1) is 0 Å². The zero-order valence-electron chi connectivity index (χ0n) is 10.0. The number of amides is 3. The second-order valence-electron chi connectivity index (χ2n) is 5.22. The van der Waals surface area contributed by atoms with Crippen LogP contribution in [0.1, 0.15) is 33.1 Å². The first-order chi connectivity index (χ1) is 7.83. The topological polar surface area (TPSA) is 92.5 Å². The summed E-state index contributed by atoms with van der Waals surface area (Å²) in [6.07, 6.45) is 1.90. The number of hydrogen-bond donors (Lipinski definition) is 2. The molecule has 0 aromatic heterocycles. The number of primary amides is 1. The number of hydrogen-bond acceptors (Lipinski definition) is 4. The normalized spacial score (nSPS) is 25.5. The molecule has 1 aliphatic heterocycles. The molecule has 2 rings (SSSR count). The van der Waals surface area contributed by atoms with Crippen molar-refractivity contribution >= 4 is 17.7 Å². The highest BCUT2D eigenvalue weighted by molar-refractivity contribution is 6.06. The molecule has 3 N–H and O–H groups in total. The van der Waals surface area contributed by atoms with E-state index in [1.54, 1.807) is 13.8 Å². The van der Waals surface area contributed by atoms with E-state index in [0.717, 1.165) is 12.8 Å². The van der Waals surface area contributed by atoms with Gasteiger partial charge in [-0.2, -0.15) is 0 Å². The monoisotopic (exact) mass is 239 g/mol. The van der Waals surface area contributed by atoms with Gasteiger partial charge < -0.3 is 5.73 Å². The highest BCUT2D eigenvalue weighted by Crippen LogP contribution is 2.31. The summed E-state index contributed by atoms with van der Waals surface area (Å²) in [6, 6.07) is -0.538. The molecule has 0 radical (unpaired) electrons. The fourth-order valence-electron chi connectivity index (χ4n) is 1.99. The first-order valence-corrected chi connectivity index (χ1v) is 5.76. The SMILES string of the molecule is CC(C)(NC1CC(=O)N(C2CC2)C1=O)C(N)=O. The molecule has 6 heteroatoms. The molecule has 0 aromatic carbocycles. The van der Waals surface area contributed by atoms with Gasteiger partial charge in [-0.25, -0.2) is 0 Å². The largest absolute Gasteiger partial charge is 0.368 e. The van der Waals surface area contributed by atoms with Gasteiger partial charge in [0.05, 0.1) is 18.0 Å². The number of likely N-dealkylation sites (tertiary alicyclic amines) is 1. The third kappa shape index (κ3) is 2.17. The third-order valence-corrected chi connectivity index (χ3v) is 3.25. The van der Waals surface area contributed by atoms with Gasteiger partial charge in [0.15, 0.2) is 0 Å². The number of nitrogens with zero attached hydrogens (tertiary/aromatic N) is 1. The number of rotatable bonds is 4. The van der Waals surface area contributed by atoms with Crippen molar-refractivity contribution < 1.29 is 14.4 Å². The van der Waals surface area contributed by atoms with E-state index in [9.17, 15) is 14.4 Å². The lowest BCUT2D eigenvalue weighted by Crippen LogP contribution is -2.56. The van der Waals surface area contributed by atoms with Crippen molar-refractivity contribution in [2.75, 3.05) is 0 Å². The van der Waals surface area contributed by atoms with E-state index >= 15 is 0 Å². The van der Waals surface area contributed by atoms with Gasteiger partial charge in [0.2, 0.25) is 17.7 Å². The van der Waals surface area contributed by atoms with Crippen LogP contribution in [0.15, 0.2) is 0 Å². The Morgan fingerprint density at radius 2 is 2.00 bits per heavy atom. The van der Waals surface area contributed by atoms with Crippen LogP contribution in [0.2, 0.25) is 0 Å². The lowest BCUT2D eigenvalue weighted by atomic mass is 10.0. The van der Waals surface area contributed by atoms with Crippen molar-refractivity contribution in [1.82, 2.24) is 10.2 Å². The summed E-state index contributed by atoms with van der Waals surface area (Å²) in [6.45, 7) is 3.21. The minimum absolute atomic E-state index is 0.0819. The smallest absolute Gasteiger partial charge is 0.247 e. The number of carbonyl (C=O) groups is 3. The maximum Gasteiger partial charge on any atom is 0.247 e. The first-order valence-electron chi connectivity index (χ1n) is 5.76. The average molecular weight is 239 g/mol. The number of carbonyl (C=O) groups excluding carboxylic acids is 3. The summed E-state index contributed by atoms with van der Waals surface area (Å²) < 4.78 is 0. The van der Waals surface area contributed by atoms with E-state index in [0.29, 0.717) is 0 Å². The molecule has 1 atom stereocenters. The van der Waals surface area contributed by atoms with E-state index in [1.165, 1.54) is 4.90 Å². The third-order valence-electron chi connectivity index (χ3n) is 3.25. The maximum atomic E-state index is 12.0. The standard InChI is InChI=1S/C11H17N3O3/c1-11(2,10(12)17)13-7-5-8(15)14(9(7)16)6-3-4-6/h6-7,13H,3-5H2,1-2H3,(H2,12,17). The lowest BCUT2D eigenvalue weighted by molar-refractivity contribution is -0.139.